The van der Waals surface area contributed by atoms with Gasteiger partial charge in [0, 0.05) is 69.7 Å². The zero-order valence-corrected chi connectivity index (χ0v) is 51.8. The summed E-state index contributed by atoms with van der Waals surface area (Å²) in [6.45, 7) is 0. The van der Waals surface area contributed by atoms with Crippen LogP contribution in [0.1, 0.15) is 39.6 Å². The number of aromatic nitrogens is 6. The van der Waals surface area contributed by atoms with Gasteiger partial charge in [-0.25, -0.2) is 27.4 Å². The summed E-state index contributed by atoms with van der Waals surface area (Å²) in [7, 11) is 9.31. The van der Waals surface area contributed by atoms with Crippen LogP contribution < -0.4 is 44.0 Å². The predicted molar refractivity (Wildman–Crippen MR) is 335 cm³/mol. The monoisotopic (exact) mass is 1330 g/mol. The Kier molecular flexibility index (Phi) is 18.3. The highest BCUT2D eigenvalue weighted by Gasteiger charge is 2.52. The highest BCUT2D eigenvalue weighted by molar-refractivity contribution is 5.85. The molecule has 2 saturated heterocycles. The average Bonchev–Trinajstić information content (AvgIpc) is 1.56. The molecule has 2 fully saturated rings. The minimum atomic E-state index is -1.88. The van der Waals surface area contributed by atoms with Crippen molar-refractivity contribution in [3.05, 3.63) is 160 Å². The maximum atomic E-state index is 14.3. The maximum Gasteiger partial charge on any atom is 0.335 e. The van der Waals surface area contributed by atoms with Gasteiger partial charge in [0.15, 0.2) is 70.8 Å². The second kappa shape index (κ2) is 26.8. The van der Waals surface area contributed by atoms with E-state index >= 15 is 0 Å². The summed E-state index contributed by atoms with van der Waals surface area (Å²) < 4.78 is 86.2. The zero-order valence-electron chi connectivity index (χ0n) is 51.8. The fourth-order valence-electron chi connectivity index (χ4n) is 12.4. The summed E-state index contributed by atoms with van der Waals surface area (Å²) in [5.74, 6) is 0.224. The van der Waals surface area contributed by atoms with Crippen molar-refractivity contribution in [2.24, 2.45) is 0 Å². The SMILES string of the molecule is COc1cc2c(cc1OC)-c1[nH]nc(N(c3cccc(F)c3)[C@H]3O[C@@H](C(=O)O)[C@H](O)[C@@H](O)[C@@H]3O)c1C2.COc1cc2c(cc1OC)-c1[nH]nc(Nc3cccc(F)c3)c1C2.COc1cc2c(cc1OC)-c1nn([C@H]3O[C@@H](C(=O)O)[C@H](O)[C@@H](O)[C@@H]3O)c(Nc3cccc(F)c3)c1C2. The Labute approximate surface area is 543 Å². The Balaban J connectivity index is 0.000000141. The number of nitrogens with zero attached hydrogens (tertiary/aromatic N) is 5. The molecule has 6 aromatic carbocycles. The summed E-state index contributed by atoms with van der Waals surface area (Å²) in [5, 5.41) is 107. The first-order valence-corrected chi connectivity index (χ1v) is 29.6. The van der Waals surface area contributed by atoms with Crippen molar-refractivity contribution >= 4 is 46.5 Å². The van der Waals surface area contributed by atoms with Gasteiger partial charge in [-0.3, -0.25) is 15.1 Å². The van der Waals surface area contributed by atoms with E-state index in [9.17, 15) is 63.6 Å². The number of hydrogen-bond donors (Lipinski definition) is 12. The second-order valence-corrected chi connectivity index (χ2v) is 22.7. The topological polar surface area (TPSA) is 372 Å². The number of benzene rings is 6. The lowest BCUT2D eigenvalue weighted by molar-refractivity contribution is -0.248. The number of carboxylic acid groups (broad SMARTS) is 2. The lowest BCUT2D eigenvalue weighted by atomic mass is 9.97. The molecule has 96 heavy (non-hydrogen) atoms. The molecule has 5 aliphatic rings. The number of ether oxygens (including phenoxy) is 8. The summed E-state index contributed by atoms with van der Waals surface area (Å²) in [6.07, 6.45) is -16.1. The molecule has 5 heterocycles. The maximum absolute atomic E-state index is 14.3. The number of carboxylic acids is 2. The number of aliphatic hydroxyl groups excluding tert-OH is 6. The molecule has 14 rings (SSSR count). The molecule has 0 spiro atoms. The number of H-pyrrole nitrogens is 2. The Morgan fingerprint density at radius 2 is 0.969 bits per heavy atom. The van der Waals surface area contributed by atoms with Crippen LogP contribution in [0.15, 0.2) is 109 Å². The van der Waals surface area contributed by atoms with Gasteiger partial charge in [0.05, 0.1) is 59.7 Å². The number of aromatic amines is 2. The van der Waals surface area contributed by atoms with Crippen LogP contribution in [0.3, 0.4) is 0 Å². The van der Waals surface area contributed by atoms with E-state index in [1.54, 1.807) is 44.6 Å². The largest absolute Gasteiger partial charge is 0.493 e. The van der Waals surface area contributed by atoms with Gasteiger partial charge in [0.2, 0.25) is 0 Å². The standard InChI is InChI=1S/2C24H24FN3O8.C18H16FN3O2/c1-34-15-7-10-6-14-17(13(10)9-16(15)35-2)26-27-22(14)28(12-5-3-4-11(25)8-12)23-20(31)18(29)19(30)21(36-23)24(32)33;1-34-15-7-10-6-14-17(13(10)9-16(15)35-2)27-28(22(14)26-12-5-3-4-11(25)8-12)23-20(31)18(29)19(30)21(36-23)24(32)33;1-23-15-7-10-6-14-17(13(10)9-16(15)24-2)21-22-18(14)20-12-5-3-4-11(19)8-12/h3-5,7-9,18-21,23,29-31H,6H2,1-2H3,(H,26,27)(H,32,33);3-5,7-9,18-21,23,26,29-31H,6H2,1-2H3,(H,32,33);3-5,7-9H,6H2,1-2H3,(H2,20,21,22)/t2*18-,19-,20+,21-,23+;/m11./s1. The van der Waals surface area contributed by atoms with Gasteiger partial charge < -0.3 is 89.4 Å². The highest BCUT2D eigenvalue weighted by Crippen LogP contribution is 2.50. The first kappa shape index (κ1) is 65.6. The normalized spacial score (nSPS) is 21.4. The van der Waals surface area contributed by atoms with E-state index in [2.05, 4.69) is 36.1 Å². The molecule has 502 valence electrons. The van der Waals surface area contributed by atoms with Crippen molar-refractivity contribution in [1.29, 1.82) is 0 Å². The number of fused-ring (bicyclic) bond motifs is 9. The van der Waals surface area contributed by atoms with Crippen molar-refractivity contribution in [3.63, 3.8) is 0 Å². The van der Waals surface area contributed by atoms with Crippen LogP contribution in [0.2, 0.25) is 0 Å². The van der Waals surface area contributed by atoms with Gasteiger partial charge >= 0.3 is 11.9 Å². The molecule has 0 bridgehead atoms. The third-order valence-corrected chi connectivity index (χ3v) is 17.1. The van der Waals surface area contributed by atoms with Gasteiger partial charge in [0.1, 0.15) is 59.9 Å². The van der Waals surface area contributed by atoms with Crippen LogP contribution in [0.25, 0.3) is 33.8 Å². The number of anilines is 6. The molecule has 0 radical (unpaired) electrons. The molecule has 30 heteroatoms. The van der Waals surface area contributed by atoms with E-state index in [1.165, 1.54) is 92.6 Å². The lowest BCUT2D eigenvalue weighted by Crippen LogP contribution is -2.63. The van der Waals surface area contributed by atoms with Crippen molar-refractivity contribution in [2.45, 2.75) is 80.5 Å². The quantitative estimate of drug-likeness (QED) is 0.0493. The molecule has 9 aromatic rings. The molecule has 10 atom stereocenters. The van der Waals surface area contributed by atoms with E-state index in [-0.39, 0.29) is 17.3 Å². The Morgan fingerprint density at radius 3 is 1.50 bits per heavy atom. The minimum Gasteiger partial charge on any atom is -0.493 e. The number of halogens is 3. The second-order valence-electron chi connectivity index (χ2n) is 22.7. The van der Waals surface area contributed by atoms with Crippen LogP contribution >= 0.6 is 0 Å². The third-order valence-electron chi connectivity index (χ3n) is 17.1. The molecule has 0 unspecified atom stereocenters. The first-order valence-electron chi connectivity index (χ1n) is 29.6. The summed E-state index contributed by atoms with van der Waals surface area (Å²) >= 11 is 0. The molecule has 0 saturated carbocycles. The lowest BCUT2D eigenvalue weighted by Gasteiger charge is -2.44. The summed E-state index contributed by atoms with van der Waals surface area (Å²) in [4.78, 5) is 24.7. The minimum absolute atomic E-state index is 0.187. The number of rotatable bonds is 16. The van der Waals surface area contributed by atoms with Crippen molar-refractivity contribution in [1.82, 2.24) is 30.2 Å². The number of nitrogens with one attached hydrogen (secondary N) is 4. The number of methoxy groups -OCH3 is 6. The number of aliphatic carboxylic acids is 2. The van der Waals surface area contributed by atoms with Gasteiger partial charge in [-0.1, -0.05) is 18.2 Å². The van der Waals surface area contributed by atoms with Crippen molar-refractivity contribution in [2.75, 3.05) is 58.2 Å². The predicted octanol–water partition coefficient (Wildman–Crippen LogP) is 6.47. The average molecular weight is 1330 g/mol. The molecular formula is C66H64F3N9O18. The number of hydrogen-bond acceptors (Lipinski definition) is 22. The Hall–Kier alpha value is -10.4. The number of carbonyl (C=O) groups is 2. The Morgan fingerprint density at radius 1 is 0.521 bits per heavy atom. The van der Waals surface area contributed by atoms with Crippen LogP contribution in [0.4, 0.5) is 47.7 Å². The molecule has 3 aromatic heterocycles. The molecule has 27 nitrogen and oxygen atoms in total. The smallest absolute Gasteiger partial charge is 0.335 e. The van der Waals surface area contributed by atoms with Gasteiger partial charge in [-0.05, 0) is 108 Å². The molecule has 3 aliphatic carbocycles. The van der Waals surface area contributed by atoms with E-state index in [0.29, 0.717) is 98.4 Å². The van der Waals surface area contributed by atoms with E-state index in [0.717, 1.165) is 45.5 Å². The molecular weight excluding hydrogens is 1260 g/mol. The third kappa shape index (κ3) is 12.0. The van der Waals surface area contributed by atoms with Crippen LogP contribution in [-0.2, 0) is 38.3 Å². The fourth-order valence-corrected chi connectivity index (χ4v) is 12.4. The van der Waals surface area contributed by atoms with Gasteiger partial charge in [-0.2, -0.15) is 15.3 Å². The van der Waals surface area contributed by atoms with Crippen molar-refractivity contribution in [3.8, 4) is 68.3 Å². The van der Waals surface area contributed by atoms with Gasteiger partial charge in [-0.15, -0.1) is 0 Å². The Bertz CT molecular complexity index is 4430. The molecule has 12 N–H and O–H groups in total. The van der Waals surface area contributed by atoms with E-state index < -0.39 is 84.9 Å². The van der Waals surface area contributed by atoms with Crippen molar-refractivity contribution < 1.29 is 102 Å². The van der Waals surface area contributed by atoms with E-state index in [4.69, 9.17) is 37.9 Å². The summed E-state index contributed by atoms with van der Waals surface area (Å²) in [5.41, 5.74) is 11.1. The van der Waals surface area contributed by atoms with Crippen LogP contribution in [0.5, 0.6) is 34.5 Å². The summed E-state index contributed by atoms with van der Waals surface area (Å²) in [6, 6.07) is 28.5. The van der Waals surface area contributed by atoms with E-state index in [1.807, 2.05) is 24.3 Å². The van der Waals surface area contributed by atoms with Gasteiger partial charge in [0.25, 0.3) is 0 Å². The number of aliphatic hydroxyl groups is 6. The molecule has 0 amide bonds. The van der Waals surface area contributed by atoms with Crippen LogP contribution in [-0.4, -0.2) is 181 Å². The first-order chi connectivity index (χ1) is 46.2. The molecule has 2 aliphatic heterocycles. The van der Waals surface area contributed by atoms with Crippen LogP contribution in [0, 0.1) is 17.5 Å². The fraction of sp³-hybridized carbons (Fsp3) is 0.288. The highest BCUT2D eigenvalue weighted by atomic mass is 19.1. The zero-order chi connectivity index (χ0) is 68.1.